The lowest BCUT2D eigenvalue weighted by Crippen LogP contribution is -2.48. The van der Waals surface area contributed by atoms with Crippen LogP contribution in [-0.2, 0) is 9.59 Å². The Morgan fingerprint density at radius 3 is 2.68 bits per heavy atom. The van der Waals surface area contributed by atoms with Gasteiger partial charge in [-0.1, -0.05) is 0 Å². The molecule has 1 heterocycles. The van der Waals surface area contributed by atoms with E-state index in [1.54, 1.807) is 6.07 Å². The average molecular weight is 263 g/mol. The molecule has 2 rings (SSSR count). The van der Waals surface area contributed by atoms with E-state index in [0.717, 1.165) is 0 Å². The zero-order chi connectivity index (χ0) is 14.2. The van der Waals surface area contributed by atoms with E-state index in [-0.39, 0.29) is 12.4 Å². The van der Waals surface area contributed by atoms with Crippen molar-refractivity contribution < 1.29 is 24.2 Å². The number of anilines is 1. The summed E-state index contributed by atoms with van der Waals surface area (Å²) in [5, 5.41) is 9.03. The Kier molecular flexibility index (Phi) is 3.25. The monoisotopic (exact) mass is 263 g/mol. The molecule has 0 radical (unpaired) electrons. The first-order valence-corrected chi connectivity index (χ1v) is 5.74. The first-order chi connectivity index (χ1) is 8.91. The lowest BCUT2D eigenvalue weighted by atomic mass is 10.1. The van der Waals surface area contributed by atoms with E-state index in [4.69, 9.17) is 9.84 Å². The van der Waals surface area contributed by atoms with Gasteiger partial charge in [-0.05, 0) is 32.0 Å². The van der Waals surface area contributed by atoms with Crippen LogP contribution in [0.1, 0.15) is 24.2 Å². The molecule has 1 aromatic carbocycles. The lowest BCUT2D eigenvalue weighted by molar-refractivity contribution is -0.140. The number of carboxylic acids is 1. The number of amides is 1. The van der Waals surface area contributed by atoms with Crippen LogP contribution in [0, 0.1) is 0 Å². The molecule has 0 bridgehead atoms. The predicted octanol–water partition coefficient (Wildman–Crippen LogP) is 1.09. The van der Waals surface area contributed by atoms with Gasteiger partial charge in [-0.3, -0.25) is 14.5 Å². The van der Waals surface area contributed by atoms with Crippen LogP contribution >= 0.6 is 0 Å². The van der Waals surface area contributed by atoms with E-state index in [9.17, 15) is 14.4 Å². The molecule has 1 amide bonds. The molecule has 1 aliphatic rings. The fraction of sp³-hybridized carbons (Fsp3) is 0.308. The van der Waals surface area contributed by atoms with Crippen LogP contribution in [0.4, 0.5) is 5.69 Å². The van der Waals surface area contributed by atoms with E-state index in [1.165, 1.54) is 30.9 Å². The molecule has 100 valence electrons. The van der Waals surface area contributed by atoms with Crippen LogP contribution in [-0.4, -0.2) is 35.4 Å². The van der Waals surface area contributed by atoms with Gasteiger partial charge in [0.15, 0.2) is 12.4 Å². The van der Waals surface area contributed by atoms with Crippen LogP contribution in [0.2, 0.25) is 0 Å². The van der Waals surface area contributed by atoms with Gasteiger partial charge in [0.25, 0.3) is 5.91 Å². The molecule has 0 fully saturated rings. The second kappa shape index (κ2) is 4.72. The normalized spacial score (nSPS) is 15.5. The zero-order valence-corrected chi connectivity index (χ0v) is 10.5. The number of ether oxygens (including phenoxy) is 1. The first kappa shape index (κ1) is 13.1. The topological polar surface area (TPSA) is 83.9 Å². The number of fused-ring (bicyclic) bond motifs is 1. The second-order valence-electron chi connectivity index (χ2n) is 4.31. The second-order valence-corrected chi connectivity index (χ2v) is 4.31. The third-order valence-electron chi connectivity index (χ3n) is 2.99. The standard InChI is InChI=1S/C13H13NO5/c1-7(13(17)18)14-10-4-3-9(8(2)15)5-11(10)19-6-12(14)16/h3-5,7H,6H2,1-2H3,(H,17,18). The highest BCUT2D eigenvalue weighted by molar-refractivity contribution is 6.03. The largest absolute Gasteiger partial charge is 0.482 e. The molecule has 0 aliphatic carbocycles. The Balaban J connectivity index is 2.48. The molecular weight excluding hydrogens is 250 g/mol. The summed E-state index contributed by atoms with van der Waals surface area (Å²) in [5.74, 6) is -1.30. The Morgan fingerprint density at radius 1 is 1.42 bits per heavy atom. The Labute approximate surface area is 109 Å². The number of nitrogens with zero attached hydrogens (tertiary/aromatic N) is 1. The van der Waals surface area contributed by atoms with Crippen molar-refractivity contribution in [1.29, 1.82) is 0 Å². The molecule has 1 atom stereocenters. The van der Waals surface area contributed by atoms with Gasteiger partial charge >= 0.3 is 5.97 Å². The molecule has 0 saturated carbocycles. The van der Waals surface area contributed by atoms with Crippen molar-refractivity contribution in [3.63, 3.8) is 0 Å². The highest BCUT2D eigenvalue weighted by Crippen LogP contribution is 2.34. The Morgan fingerprint density at radius 2 is 2.11 bits per heavy atom. The molecule has 6 heteroatoms. The van der Waals surface area contributed by atoms with Crippen molar-refractivity contribution in [3.8, 4) is 5.75 Å². The summed E-state index contributed by atoms with van der Waals surface area (Å²) in [4.78, 5) is 35.3. The maximum atomic E-state index is 11.8. The molecule has 1 aliphatic heterocycles. The number of carboxylic acid groups (broad SMARTS) is 1. The van der Waals surface area contributed by atoms with Gasteiger partial charge < -0.3 is 9.84 Å². The number of hydrogen-bond donors (Lipinski definition) is 1. The zero-order valence-electron chi connectivity index (χ0n) is 10.5. The molecule has 1 aromatic rings. The number of hydrogen-bond acceptors (Lipinski definition) is 4. The summed E-state index contributed by atoms with van der Waals surface area (Å²) in [6.45, 7) is 2.62. The highest BCUT2D eigenvalue weighted by atomic mass is 16.5. The van der Waals surface area contributed by atoms with Crippen LogP contribution < -0.4 is 9.64 Å². The fourth-order valence-corrected chi connectivity index (χ4v) is 1.93. The van der Waals surface area contributed by atoms with Crippen LogP contribution in [0.25, 0.3) is 0 Å². The van der Waals surface area contributed by atoms with Crippen molar-refractivity contribution in [2.24, 2.45) is 0 Å². The van der Waals surface area contributed by atoms with E-state index < -0.39 is 17.9 Å². The van der Waals surface area contributed by atoms with Crippen molar-refractivity contribution in [2.45, 2.75) is 19.9 Å². The molecular formula is C13H13NO5. The number of rotatable bonds is 3. The summed E-state index contributed by atoms with van der Waals surface area (Å²) in [6, 6.07) is 3.61. The van der Waals surface area contributed by atoms with Gasteiger partial charge in [-0.25, -0.2) is 4.79 Å². The van der Waals surface area contributed by atoms with Crippen molar-refractivity contribution in [3.05, 3.63) is 23.8 Å². The van der Waals surface area contributed by atoms with Crippen molar-refractivity contribution in [1.82, 2.24) is 0 Å². The third-order valence-corrected chi connectivity index (χ3v) is 2.99. The minimum absolute atomic E-state index is 0.124. The average Bonchev–Trinajstić information content (AvgIpc) is 2.37. The van der Waals surface area contributed by atoms with Crippen LogP contribution in [0.3, 0.4) is 0 Å². The summed E-state index contributed by atoms with van der Waals surface area (Å²) in [7, 11) is 0. The first-order valence-electron chi connectivity index (χ1n) is 5.74. The summed E-state index contributed by atoms with van der Waals surface area (Å²) in [6.07, 6.45) is 0. The van der Waals surface area contributed by atoms with Crippen molar-refractivity contribution in [2.75, 3.05) is 11.5 Å². The number of carbonyl (C=O) groups is 3. The van der Waals surface area contributed by atoms with Crippen LogP contribution in [0.5, 0.6) is 5.75 Å². The molecule has 19 heavy (non-hydrogen) atoms. The number of benzene rings is 1. The van der Waals surface area contributed by atoms with E-state index in [0.29, 0.717) is 17.0 Å². The quantitative estimate of drug-likeness (QED) is 0.825. The van der Waals surface area contributed by atoms with Gasteiger partial charge in [-0.15, -0.1) is 0 Å². The number of ketones is 1. The smallest absolute Gasteiger partial charge is 0.326 e. The molecule has 1 unspecified atom stereocenters. The fourth-order valence-electron chi connectivity index (χ4n) is 1.93. The Bertz CT molecular complexity index is 566. The van der Waals surface area contributed by atoms with E-state index in [1.807, 2.05) is 0 Å². The molecule has 0 aromatic heterocycles. The summed E-state index contributed by atoms with van der Waals surface area (Å²) < 4.78 is 5.25. The predicted molar refractivity (Wildman–Crippen MR) is 66.5 cm³/mol. The molecule has 6 nitrogen and oxygen atoms in total. The van der Waals surface area contributed by atoms with Gasteiger partial charge in [0.1, 0.15) is 11.8 Å². The maximum absolute atomic E-state index is 11.8. The van der Waals surface area contributed by atoms with E-state index in [2.05, 4.69) is 0 Å². The third kappa shape index (κ3) is 2.29. The Hall–Kier alpha value is -2.37. The van der Waals surface area contributed by atoms with Crippen molar-refractivity contribution >= 4 is 23.3 Å². The van der Waals surface area contributed by atoms with Gasteiger partial charge in [0.05, 0.1) is 5.69 Å². The maximum Gasteiger partial charge on any atom is 0.326 e. The lowest BCUT2D eigenvalue weighted by Gasteiger charge is -2.32. The van der Waals surface area contributed by atoms with E-state index >= 15 is 0 Å². The summed E-state index contributed by atoms with van der Waals surface area (Å²) in [5.41, 5.74) is 0.826. The molecule has 0 spiro atoms. The van der Waals surface area contributed by atoms with Gasteiger partial charge in [0.2, 0.25) is 0 Å². The minimum Gasteiger partial charge on any atom is -0.482 e. The summed E-state index contributed by atoms with van der Waals surface area (Å²) >= 11 is 0. The number of carbonyl (C=O) groups excluding carboxylic acids is 2. The number of aliphatic carboxylic acids is 1. The minimum atomic E-state index is -1.10. The van der Waals surface area contributed by atoms with Crippen LogP contribution in [0.15, 0.2) is 18.2 Å². The SMILES string of the molecule is CC(=O)c1ccc2c(c1)OCC(=O)N2C(C)C(=O)O. The number of Topliss-reactive ketones (excluding diaryl/α,β-unsaturated/α-hetero) is 1. The molecule has 1 N–H and O–H groups in total. The molecule has 0 saturated heterocycles. The van der Waals surface area contributed by atoms with Gasteiger partial charge in [-0.2, -0.15) is 0 Å². The van der Waals surface area contributed by atoms with Gasteiger partial charge in [0, 0.05) is 5.56 Å². The highest BCUT2D eigenvalue weighted by Gasteiger charge is 2.33.